The highest BCUT2D eigenvalue weighted by Crippen LogP contribution is 2.29. The van der Waals surface area contributed by atoms with Gasteiger partial charge in [0.15, 0.2) is 0 Å². The number of halogens is 1. The SMILES string of the molecule is O=C(NC1CCCCC1)C(Cl)C1CCCCC1. The Morgan fingerprint density at radius 3 is 2.06 bits per heavy atom. The number of amides is 1. The molecular weight excluding hydrogens is 234 g/mol. The maximum absolute atomic E-state index is 12.1. The highest BCUT2D eigenvalue weighted by Gasteiger charge is 2.29. The number of hydrogen-bond donors (Lipinski definition) is 1. The molecule has 2 aliphatic carbocycles. The highest BCUT2D eigenvalue weighted by molar-refractivity contribution is 6.31. The zero-order valence-corrected chi connectivity index (χ0v) is 11.3. The molecule has 1 atom stereocenters. The molecule has 0 heterocycles. The van der Waals surface area contributed by atoms with Gasteiger partial charge in [-0.1, -0.05) is 38.5 Å². The maximum Gasteiger partial charge on any atom is 0.238 e. The second-order valence-electron chi connectivity index (χ2n) is 5.64. The van der Waals surface area contributed by atoms with E-state index in [-0.39, 0.29) is 11.3 Å². The lowest BCUT2D eigenvalue weighted by Crippen LogP contribution is -2.43. The fourth-order valence-corrected chi connectivity index (χ4v) is 3.48. The largest absolute Gasteiger partial charge is 0.352 e. The molecule has 2 aliphatic rings. The Balaban J connectivity index is 1.77. The molecule has 2 fully saturated rings. The van der Waals surface area contributed by atoms with Gasteiger partial charge in [0, 0.05) is 6.04 Å². The molecule has 0 aromatic carbocycles. The maximum atomic E-state index is 12.1. The van der Waals surface area contributed by atoms with Gasteiger partial charge in [-0.25, -0.2) is 0 Å². The van der Waals surface area contributed by atoms with E-state index in [0.29, 0.717) is 12.0 Å². The molecule has 1 unspecified atom stereocenters. The molecule has 0 aromatic rings. The van der Waals surface area contributed by atoms with Crippen LogP contribution in [0.4, 0.5) is 0 Å². The van der Waals surface area contributed by atoms with E-state index in [1.807, 2.05) is 0 Å². The Hall–Kier alpha value is -0.240. The minimum absolute atomic E-state index is 0.0884. The van der Waals surface area contributed by atoms with Gasteiger partial charge in [0.2, 0.25) is 5.91 Å². The van der Waals surface area contributed by atoms with Crippen molar-refractivity contribution in [2.75, 3.05) is 0 Å². The first-order valence-corrected chi connectivity index (χ1v) is 7.65. The van der Waals surface area contributed by atoms with Crippen LogP contribution in [0.1, 0.15) is 64.2 Å². The van der Waals surface area contributed by atoms with E-state index in [0.717, 1.165) is 25.7 Å². The minimum atomic E-state index is -0.294. The van der Waals surface area contributed by atoms with Crippen LogP contribution in [0.25, 0.3) is 0 Å². The molecule has 98 valence electrons. The van der Waals surface area contributed by atoms with Gasteiger partial charge in [-0.05, 0) is 31.6 Å². The molecule has 0 aliphatic heterocycles. The van der Waals surface area contributed by atoms with E-state index in [4.69, 9.17) is 11.6 Å². The number of carbonyl (C=O) groups excluding carboxylic acids is 1. The molecule has 3 heteroatoms. The fourth-order valence-electron chi connectivity index (χ4n) is 3.17. The second kappa shape index (κ2) is 6.63. The molecule has 2 saturated carbocycles. The third-order valence-corrected chi connectivity index (χ3v) is 4.82. The topological polar surface area (TPSA) is 29.1 Å². The summed E-state index contributed by atoms with van der Waals surface area (Å²) < 4.78 is 0. The summed E-state index contributed by atoms with van der Waals surface area (Å²) in [5.74, 6) is 0.500. The predicted octanol–water partition coefficient (Wildman–Crippen LogP) is 3.62. The second-order valence-corrected chi connectivity index (χ2v) is 6.11. The summed E-state index contributed by atoms with van der Waals surface area (Å²) >= 11 is 6.32. The van der Waals surface area contributed by atoms with Crippen LogP contribution < -0.4 is 5.32 Å². The van der Waals surface area contributed by atoms with Crippen molar-refractivity contribution in [3.8, 4) is 0 Å². The van der Waals surface area contributed by atoms with Gasteiger partial charge in [-0.3, -0.25) is 4.79 Å². The Morgan fingerprint density at radius 2 is 1.47 bits per heavy atom. The molecule has 1 amide bonds. The van der Waals surface area contributed by atoms with Gasteiger partial charge in [0.05, 0.1) is 0 Å². The average molecular weight is 258 g/mol. The molecule has 0 radical (unpaired) electrons. The van der Waals surface area contributed by atoms with Gasteiger partial charge in [0.25, 0.3) is 0 Å². The van der Waals surface area contributed by atoms with E-state index in [9.17, 15) is 4.79 Å². The first kappa shape index (κ1) is 13.2. The van der Waals surface area contributed by atoms with Gasteiger partial charge < -0.3 is 5.32 Å². The van der Waals surface area contributed by atoms with Gasteiger partial charge in [-0.2, -0.15) is 0 Å². The summed E-state index contributed by atoms with van der Waals surface area (Å²) in [5.41, 5.74) is 0. The molecule has 0 saturated heterocycles. The van der Waals surface area contributed by atoms with E-state index in [1.54, 1.807) is 0 Å². The summed E-state index contributed by atoms with van der Waals surface area (Å²) in [6, 6.07) is 0.390. The van der Waals surface area contributed by atoms with E-state index in [1.165, 1.54) is 38.5 Å². The molecule has 0 bridgehead atoms. The quantitative estimate of drug-likeness (QED) is 0.769. The lowest BCUT2D eigenvalue weighted by Gasteiger charge is -2.28. The first-order valence-electron chi connectivity index (χ1n) is 7.22. The zero-order chi connectivity index (χ0) is 12.1. The molecule has 0 aromatic heterocycles. The third kappa shape index (κ3) is 3.87. The first-order chi connectivity index (χ1) is 8.27. The van der Waals surface area contributed by atoms with Gasteiger partial charge in [-0.15, -0.1) is 11.6 Å². The van der Waals surface area contributed by atoms with Crippen molar-refractivity contribution in [3.05, 3.63) is 0 Å². The summed E-state index contributed by atoms with van der Waals surface area (Å²) in [7, 11) is 0. The summed E-state index contributed by atoms with van der Waals surface area (Å²) in [6.45, 7) is 0. The van der Waals surface area contributed by atoms with Crippen LogP contribution in [0.2, 0.25) is 0 Å². The van der Waals surface area contributed by atoms with Crippen molar-refractivity contribution < 1.29 is 4.79 Å². The van der Waals surface area contributed by atoms with Crippen molar-refractivity contribution in [3.63, 3.8) is 0 Å². The standard InChI is InChI=1S/C14H24ClNO/c15-13(11-7-3-1-4-8-11)14(17)16-12-9-5-2-6-10-12/h11-13H,1-10H2,(H,16,17). The van der Waals surface area contributed by atoms with Crippen molar-refractivity contribution in [2.24, 2.45) is 5.92 Å². The Labute approximate surface area is 109 Å². The Kier molecular flexibility index (Phi) is 5.15. The molecule has 1 N–H and O–H groups in total. The predicted molar refractivity (Wildman–Crippen MR) is 71.2 cm³/mol. The molecule has 0 spiro atoms. The molecule has 17 heavy (non-hydrogen) atoms. The number of nitrogens with one attached hydrogen (secondary N) is 1. The van der Waals surface area contributed by atoms with Gasteiger partial charge >= 0.3 is 0 Å². The summed E-state index contributed by atoms with van der Waals surface area (Å²) in [4.78, 5) is 12.1. The van der Waals surface area contributed by atoms with Crippen molar-refractivity contribution in [1.82, 2.24) is 5.32 Å². The van der Waals surface area contributed by atoms with Crippen LogP contribution in [0, 0.1) is 5.92 Å². The molecule has 2 nitrogen and oxygen atoms in total. The van der Waals surface area contributed by atoms with E-state index >= 15 is 0 Å². The number of alkyl halides is 1. The third-order valence-electron chi connectivity index (χ3n) is 4.27. The molecular formula is C14H24ClNO. The number of carbonyl (C=O) groups is 1. The lowest BCUT2D eigenvalue weighted by atomic mass is 9.86. The van der Waals surface area contributed by atoms with Crippen LogP contribution in [-0.2, 0) is 4.79 Å². The monoisotopic (exact) mass is 257 g/mol. The summed E-state index contributed by atoms with van der Waals surface area (Å²) in [5, 5.41) is 2.85. The summed E-state index contributed by atoms with van der Waals surface area (Å²) in [6.07, 6.45) is 12.2. The average Bonchev–Trinajstić information content (AvgIpc) is 2.40. The van der Waals surface area contributed by atoms with Crippen LogP contribution in [0.3, 0.4) is 0 Å². The van der Waals surface area contributed by atoms with Gasteiger partial charge in [0.1, 0.15) is 5.38 Å². The van der Waals surface area contributed by atoms with E-state index in [2.05, 4.69) is 5.32 Å². The van der Waals surface area contributed by atoms with Crippen LogP contribution in [0.15, 0.2) is 0 Å². The number of hydrogen-bond acceptors (Lipinski definition) is 1. The minimum Gasteiger partial charge on any atom is -0.352 e. The van der Waals surface area contributed by atoms with Crippen molar-refractivity contribution >= 4 is 17.5 Å². The Bertz CT molecular complexity index is 245. The highest BCUT2D eigenvalue weighted by atomic mass is 35.5. The van der Waals surface area contributed by atoms with Crippen molar-refractivity contribution in [1.29, 1.82) is 0 Å². The fraction of sp³-hybridized carbons (Fsp3) is 0.929. The smallest absolute Gasteiger partial charge is 0.238 e. The van der Waals surface area contributed by atoms with E-state index < -0.39 is 0 Å². The Morgan fingerprint density at radius 1 is 0.941 bits per heavy atom. The normalized spacial score (nSPS) is 25.5. The van der Waals surface area contributed by atoms with Crippen LogP contribution in [-0.4, -0.2) is 17.3 Å². The zero-order valence-electron chi connectivity index (χ0n) is 10.6. The molecule has 2 rings (SSSR count). The van der Waals surface area contributed by atoms with Crippen LogP contribution in [0.5, 0.6) is 0 Å². The van der Waals surface area contributed by atoms with Crippen LogP contribution >= 0.6 is 11.6 Å². The van der Waals surface area contributed by atoms with Crippen molar-refractivity contribution in [2.45, 2.75) is 75.6 Å². The number of rotatable bonds is 3. The lowest BCUT2D eigenvalue weighted by molar-refractivity contribution is -0.122.